The van der Waals surface area contributed by atoms with E-state index in [1.54, 1.807) is 0 Å². The van der Waals surface area contributed by atoms with Crippen LogP contribution in [0.3, 0.4) is 0 Å². The van der Waals surface area contributed by atoms with Gasteiger partial charge in [0, 0.05) is 11.2 Å². The topological polar surface area (TPSA) is 12.4 Å². The molecule has 21 heavy (non-hydrogen) atoms. The van der Waals surface area contributed by atoms with Gasteiger partial charge in [0.15, 0.2) is 0 Å². The maximum atomic E-state index is 6.48. The van der Waals surface area contributed by atoms with Gasteiger partial charge in [-0.1, -0.05) is 61.2 Å². The van der Waals surface area contributed by atoms with Crippen molar-refractivity contribution in [1.29, 1.82) is 0 Å². The number of aliphatic imine (C=N–C) groups is 1. The molecule has 0 aromatic heterocycles. The molecule has 0 N–H and O–H groups in total. The number of hydrogen-bond donors (Lipinski definition) is 0. The lowest BCUT2D eigenvalue weighted by molar-refractivity contribution is 0.444. The Kier molecular flexibility index (Phi) is 4.72. The molecule has 1 aliphatic carbocycles. The molecule has 0 heterocycles. The quantitative estimate of drug-likeness (QED) is 0.604. The van der Waals surface area contributed by atoms with Crippen LogP contribution in [-0.2, 0) is 0 Å². The standard InChI is InChI=1S/C19H20ClN/c20-19-13-15(14-21-17-9-5-2-6-10-17)11-12-18(19)16-7-3-1-4-8-16/h2,5-6,9-14,16H,1,3-4,7-8H2/b21-14+. The van der Waals surface area contributed by atoms with E-state index in [2.05, 4.69) is 17.1 Å². The van der Waals surface area contributed by atoms with E-state index in [9.17, 15) is 0 Å². The minimum atomic E-state index is 0.645. The molecule has 3 rings (SSSR count). The highest BCUT2D eigenvalue weighted by Gasteiger charge is 2.17. The second-order valence-electron chi connectivity index (χ2n) is 5.71. The Balaban J connectivity index is 1.76. The van der Waals surface area contributed by atoms with Gasteiger partial charge in [0.2, 0.25) is 0 Å². The van der Waals surface area contributed by atoms with E-state index >= 15 is 0 Å². The Morgan fingerprint density at radius 2 is 1.71 bits per heavy atom. The third-order valence-electron chi connectivity index (χ3n) is 4.19. The van der Waals surface area contributed by atoms with Crippen LogP contribution < -0.4 is 0 Å². The third-order valence-corrected chi connectivity index (χ3v) is 4.52. The van der Waals surface area contributed by atoms with Crippen LogP contribution in [0.15, 0.2) is 53.5 Å². The second kappa shape index (κ2) is 6.91. The molecule has 0 bridgehead atoms. The SMILES string of the molecule is Clc1cc(/C=N/c2ccccc2)ccc1C1CCCCC1. The zero-order valence-corrected chi connectivity index (χ0v) is 12.9. The first kappa shape index (κ1) is 14.3. The van der Waals surface area contributed by atoms with Crippen LogP contribution in [0.25, 0.3) is 0 Å². The van der Waals surface area contributed by atoms with Gasteiger partial charge >= 0.3 is 0 Å². The number of nitrogens with zero attached hydrogens (tertiary/aromatic N) is 1. The molecule has 0 atom stereocenters. The molecule has 2 aromatic rings. The summed E-state index contributed by atoms with van der Waals surface area (Å²) in [5.74, 6) is 0.645. The Hall–Kier alpha value is -1.60. The van der Waals surface area contributed by atoms with Gasteiger partial charge in [-0.2, -0.15) is 0 Å². The molecule has 1 fully saturated rings. The number of rotatable bonds is 3. The van der Waals surface area contributed by atoms with Crippen LogP contribution in [0.2, 0.25) is 5.02 Å². The molecule has 0 saturated heterocycles. The van der Waals surface area contributed by atoms with Crippen LogP contribution in [0.5, 0.6) is 0 Å². The summed E-state index contributed by atoms with van der Waals surface area (Å²) in [6.07, 6.45) is 8.46. The zero-order valence-electron chi connectivity index (χ0n) is 12.1. The highest BCUT2D eigenvalue weighted by molar-refractivity contribution is 6.31. The maximum absolute atomic E-state index is 6.48. The van der Waals surface area contributed by atoms with Crippen LogP contribution in [0, 0.1) is 0 Å². The molecule has 2 aromatic carbocycles. The van der Waals surface area contributed by atoms with Crippen molar-refractivity contribution in [3.63, 3.8) is 0 Å². The van der Waals surface area contributed by atoms with E-state index in [0.717, 1.165) is 16.3 Å². The fourth-order valence-corrected chi connectivity index (χ4v) is 3.37. The van der Waals surface area contributed by atoms with Gasteiger partial charge in [-0.15, -0.1) is 0 Å². The van der Waals surface area contributed by atoms with E-state index in [1.807, 2.05) is 42.6 Å². The minimum absolute atomic E-state index is 0.645. The largest absolute Gasteiger partial charge is 0.256 e. The van der Waals surface area contributed by atoms with Crippen molar-refractivity contribution < 1.29 is 0 Å². The first-order valence-corrected chi connectivity index (χ1v) is 8.09. The predicted molar refractivity (Wildman–Crippen MR) is 91.0 cm³/mol. The van der Waals surface area contributed by atoms with Gasteiger partial charge in [0.1, 0.15) is 0 Å². The second-order valence-corrected chi connectivity index (χ2v) is 6.12. The van der Waals surface area contributed by atoms with E-state index in [1.165, 1.54) is 37.7 Å². The van der Waals surface area contributed by atoms with Crippen molar-refractivity contribution in [2.24, 2.45) is 4.99 Å². The van der Waals surface area contributed by atoms with E-state index in [-0.39, 0.29) is 0 Å². The van der Waals surface area contributed by atoms with Crippen molar-refractivity contribution >= 4 is 23.5 Å². The van der Waals surface area contributed by atoms with Crippen molar-refractivity contribution in [3.8, 4) is 0 Å². The van der Waals surface area contributed by atoms with Crippen LogP contribution >= 0.6 is 11.6 Å². The average Bonchev–Trinajstić information content (AvgIpc) is 2.55. The van der Waals surface area contributed by atoms with Crippen LogP contribution in [-0.4, -0.2) is 6.21 Å². The first-order chi connectivity index (χ1) is 10.3. The van der Waals surface area contributed by atoms with Gasteiger partial charge in [-0.3, -0.25) is 4.99 Å². The molecule has 108 valence electrons. The number of benzene rings is 2. The highest BCUT2D eigenvalue weighted by atomic mass is 35.5. The Bertz CT molecular complexity index is 613. The van der Waals surface area contributed by atoms with Gasteiger partial charge in [0.05, 0.1) is 5.69 Å². The average molecular weight is 298 g/mol. The molecule has 0 amide bonds. The molecular weight excluding hydrogens is 278 g/mol. The van der Waals surface area contributed by atoms with Gasteiger partial charge < -0.3 is 0 Å². The van der Waals surface area contributed by atoms with Gasteiger partial charge in [0.25, 0.3) is 0 Å². The van der Waals surface area contributed by atoms with Gasteiger partial charge in [-0.05, 0) is 48.1 Å². The molecule has 1 aliphatic rings. The summed E-state index contributed by atoms with van der Waals surface area (Å²) in [4.78, 5) is 4.48. The van der Waals surface area contributed by atoms with Crippen molar-refractivity contribution in [3.05, 3.63) is 64.7 Å². The Labute approximate surface area is 131 Å². The smallest absolute Gasteiger partial charge is 0.0629 e. The number of para-hydroxylation sites is 1. The van der Waals surface area contributed by atoms with Crippen LogP contribution in [0.4, 0.5) is 5.69 Å². The minimum Gasteiger partial charge on any atom is -0.256 e. The summed E-state index contributed by atoms with van der Waals surface area (Å²) in [6.45, 7) is 0. The lowest BCUT2D eigenvalue weighted by Crippen LogP contribution is -2.05. The fourth-order valence-electron chi connectivity index (χ4n) is 3.03. The highest BCUT2D eigenvalue weighted by Crippen LogP contribution is 2.36. The monoisotopic (exact) mass is 297 g/mol. The summed E-state index contributed by atoms with van der Waals surface area (Å²) in [5.41, 5.74) is 3.33. The number of halogens is 1. The number of hydrogen-bond acceptors (Lipinski definition) is 1. The lowest BCUT2D eigenvalue weighted by Gasteiger charge is -2.23. The molecule has 0 aliphatic heterocycles. The molecule has 0 radical (unpaired) electrons. The summed E-state index contributed by atoms with van der Waals surface area (Å²) in [5, 5.41) is 0.888. The van der Waals surface area contributed by atoms with E-state index in [4.69, 9.17) is 11.6 Å². The fraction of sp³-hybridized carbons (Fsp3) is 0.316. The van der Waals surface area contributed by atoms with E-state index < -0.39 is 0 Å². The Morgan fingerprint density at radius 3 is 2.43 bits per heavy atom. The third kappa shape index (κ3) is 3.74. The van der Waals surface area contributed by atoms with Crippen LogP contribution in [0.1, 0.15) is 49.1 Å². The molecule has 0 spiro atoms. The Morgan fingerprint density at radius 1 is 0.952 bits per heavy atom. The maximum Gasteiger partial charge on any atom is 0.0629 e. The molecule has 0 unspecified atom stereocenters. The van der Waals surface area contributed by atoms with Gasteiger partial charge in [-0.25, -0.2) is 0 Å². The van der Waals surface area contributed by atoms with Crippen molar-refractivity contribution in [2.75, 3.05) is 0 Å². The first-order valence-electron chi connectivity index (χ1n) is 7.71. The van der Waals surface area contributed by atoms with E-state index in [0.29, 0.717) is 5.92 Å². The zero-order chi connectivity index (χ0) is 14.5. The summed E-state index contributed by atoms with van der Waals surface area (Å²) >= 11 is 6.48. The lowest BCUT2D eigenvalue weighted by atomic mass is 9.84. The summed E-state index contributed by atoms with van der Waals surface area (Å²) in [7, 11) is 0. The molecule has 1 saturated carbocycles. The summed E-state index contributed by atoms with van der Waals surface area (Å²) < 4.78 is 0. The summed E-state index contributed by atoms with van der Waals surface area (Å²) in [6, 6.07) is 16.3. The molecular formula is C19H20ClN. The normalized spacial score (nSPS) is 16.4. The molecule has 1 nitrogen and oxygen atoms in total. The van der Waals surface area contributed by atoms with Crippen molar-refractivity contribution in [1.82, 2.24) is 0 Å². The predicted octanol–water partition coefficient (Wildman–Crippen LogP) is 6.14. The molecule has 2 heteroatoms. The van der Waals surface area contributed by atoms with Crippen molar-refractivity contribution in [2.45, 2.75) is 38.0 Å².